The maximum Gasteiger partial charge on any atom is 0.154 e. The van der Waals surface area contributed by atoms with Gasteiger partial charge in [-0.05, 0) is 25.3 Å². The van der Waals surface area contributed by atoms with Gasteiger partial charge in [-0.25, -0.2) is 0 Å². The van der Waals surface area contributed by atoms with Crippen LogP contribution in [-0.2, 0) is 0 Å². The largest absolute Gasteiger partial charge is 0.463 e. The second-order valence-corrected chi connectivity index (χ2v) is 5.34. The van der Waals surface area contributed by atoms with Crippen molar-refractivity contribution >= 4 is 16.8 Å². The standard InChI is InChI=1S/C14H17N3O/c1-4-15-13-9-17(5-2-10(1)13)11-7-14-12(16-8-11)3-6-18-14/h3,6-8,10,13,15H,1-2,4-5,9H2. The van der Waals surface area contributed by atoms with Crippen LogP contribution in [0, 0.1) is 5.92 Å². The van der Waals surface area contributed by atoms with E-state index >= 15 is 0 Å². The van der Waals surface area contributed by atoms with Crippen molar-refractivity contribution in [1.82, 2.24) is 10.3 Å². The summed E-state index contributed by atoms with van der Waals surface area (Å²) < 4.78 is 5.43. The third kappa shape index (κ3) is 1.60. The topological polar surface area (TPSA) is 41.3 Å². The van der Waals surface area contributed by atoms with E-state index in [0.29, 0.717) is 6.04 Å². The molecule has 94 valence electrons. The number of pyridine rings is 1. The molecule has 2 atom stereocenters. The Morgan fingerprint density at radius 2 is 2.39 bits per heavy atom. The van der Waals surface area contributed by atoms with Crippen LogP contribution in [0.25, 0.3) is 11.1 Å². The normalized spacial score (nSPS) is 27.7. The maximum atomic E-state index is 5.43. The molecule has 0 bridgehead atoms. The molecule has 1 N–H and O–H groups in total. The van der Waals surface area contributed by atoms with Gasteiger partial charge < -0.3 is 14.6 Å². The molecule has 0 saturated carbocycles. The van der Waals surface area contributed by atoms with Crippen molar-refractivity contribution in [3.05, 3.63) is 24.6 Å². The number of hydrogen-bond donors (Lipinski definition) is 1. The molecule has 0 amide bonds. The third-order valence-corrected chi connectivity index (χ3v) is 4.33. The number of nitrogens with one attached hydrogen (secondary N) is 1. The first-order valence-electron chi connectivity index (χ1n) is 6.72. The summed E-state index contributed by atoms with van der Waals surface area (Å²) in [5, 5.41) is 3.60. The first-order valence-corrected chi connectivity index (χ1v) is 6.72. The van der Waals surface area contributed by atoms with Crippen LogP contribution in [-0.4, -0.2) is 30.7 Å². The Bertz CT molecular complexity index is 565. The Labute approximate surface area is 106 Å². The first-order chi connectivity index (χ1) is 8.90. The lowest BCUT2D eigenvalue weighted by Gasteiger charge is -2.36. The van der Waals surface area contributed by atoms with Crippen LogP contribution in [0.5, 0.6) is 0 Å². The zero-order valence-electron chi connectivity index (χ0n) is 10.3. The fraction of sp³-hybridized carbons (Fsp3) is 0.500. The van der Waals surface area contributed by atoms with Crippen molar-refractivity contribution in [3.63, 3.8) is 0 Å². The van der Waals surface area contributed by atoms with Gasteiger partial charge in [-0.3, -0.25) is 4.98 Å². The molecule has 0 spiro atoms. The van der Waals surface area contributed by atoms with Crippen molar-refractivity contribution in [3.8, 4) is 0 Å². The molecule has 2 aliphatic rings. The van der Waals surface area contributed by atoms with Crippen LogP contribution >= 0.6 is 0 Å². The SMILES string of the molecule is c1cc2ncc(N3CCC4CCNC4C3)cc2o1. The molecule has 2 fully saturated rings. The lowest BCUT2D eigenvalue weighted by atomic mass is 9.92. The number of nitrogens with zero attached hydrogens (tertiary/aromatic N) is 2. The van der Waals surface area contributed by atoms with Gasteiger partial charge in [0.1, 0.15) is 5.52 Å². The minimum Gasteiger partial charge on any atom is -0.463 e. The highest BCUT2D eigenvalue weighted by Crippen LogP contribution is 2.29. The van der Waals surface area contributed by atoms with Crippen LogP contribution in [0.3, 0.4) is 0 Å². The van der Waals surface area contributed by atoms with E-state index in [1.54, 1.807) is 6.26 Å². The van der Waals surface area contributed by atoms with Crippen LogP contribution < -0.4 is 10.2 Å². The Balaban J connectivity index is 1.62. The molecule has 0 aliphatic carbocycles. The van der Waals surface area contributed by atoms with Crippen molar-refractivity contribution in [2.45, 2.75) is 18.9 Å². The van der Waals surface area contributed by atoms with Crippen LogP contribution in [0.15, 0.2) is 29.0 Å². The monoisotopic (exact) mass is 243 g/mol. The minimum absolute atomic E-state index is 0.658. The van der Waals surface area contributed by atoms with Gasteiger partial charge >= 0.3 is 0 Å². The summed E-state index contributed by atoms with van der Waals surface area (Å²) in [6.07, 6.45) is 6.29. The quantitative estimate of drug-likeness (QED) is 0.832. The number of rotatable bonds is 1. The molecule has 2 aromatic heterocycles. The molecule has 0 radical (unpaired) electrons. The molecule has 0 aromatic carbocycles. The fourth-order valence-corrected chi connectivity index (χ4v) is 3.28. The molecule has 4 heteroatoms. The molecule has 2 saturated heterocycles. The lowest BCUT2D eigenvalue weighted by Crippen LogP contribution is -2.46. The average molecular weight is 243 g/mol. The summed E-state index contributed by atoms with van der Waals surface area (Å²) in [5.41, 5.74) is 3.01. The molecule has 2 aromatic rings. The Kier molecular flexibility index (Phi) is 2.30. The minimum atomic E-state index is 0.658. The molecule has 4 heterocycles. The van der Waals surface area contributed by atoms with Gasteiger partial charge in [0.2, 0.25) is 0 Å². The number of hydrogen-bond acceptors (Lipinski definition) is 4. The number of anilines is 1. The van der Waals surface area contributed by atoms with Gasteiger partial charge in [0.25, 0.3) is 0 Å². The Morgan fingerprint density at radius 1 is 1.39 bits per heavy atom. The number of aromatic nitrogens is 1. The van der Waals surface area contributed by atoms with Gasteiger partial charge in [-0.1, -0.05) is 0 Å². The van der Waals surface area contributed by atoms with Gasteiger partial charge in [0.05, 0.1) is 18.1 Å². The van der Waals surface area contributed by atoms with Crippen molar-refractivity contribution in [2.75, 3.05) is 24.5 Å². The van der Waals surface area contributed by atoms with Gasteiger partial charge in [-0.2, -0.15) is 0 Å². The highest BCUT2D eigenvalue weighted by atomic mass is 16.3. The van der Waals surface area contributed by atoms with Crippen molar-refractivity contribution in [2.24, 2.45) is 5.92 Å². The predicted molar refractivity (Wildman–Crippen MR) is 70.7 cm³/mol. The van der Waals surface area contributed by atoms with Crippen LogP contribution in [0.1, 0.15) is 12.8 Å². The molecular weight excluding hydrogens is 226 g/mol. The van der Waals surface area contributed by atoms with E-state index in [-0.39, 0.29) is 0 Å². The second kappa shape index (κ2) is 3.99. The molecule has 2 unspecified atom stereocenters. The number of furan rings is 1. The van der Waals surface area contributed by atoms with Gasteiger partial charge in [0.15, 0.2) is 5.58 Å². The molecule has 2 aliphatic heterocycles. The summed E-state index contributed by atoms with van der Waals surface area (Å²) in [7, 11) is 0. The Hall–Kier alpha value is -1.55. The summed E-state index contributed by atoms with van der Waals surface area (Å²) in [6.45, 7) is 3.41. The average Bonchev–Trinajstić information content (AvgIpc) is 3.05. The predicted octanol–water partition coefficient (Wildman–Crippen LogP) is 2.02. The van der Waals surface area contributed by atoms with E-state index in [2.05, 4.69) is 21.3 Å². The first kappa shape index (κ1) is 10.4. The van der Waals surface area contributed by atoms with E-state index in [1.807, 2.05) is 12.3 Å². The van der Waals surface area contributed by atoms with Crippen molar-refractivity contribution in [1.29, 1.82) is 0 Å². The molecule has 4 nitrogen and oxygen atoms in total. The summed E-state index contributed by atoms with van der Waals surface area (Å²) in [6, 6.07) is 4.67. The molecular formula is C14H17N3O. The second-order valence-electron chi connectivity index (χ2n) is 5.34. The van der Waals surface area contributed by atoms with Crippen LogP contribution in [0.2, 0.25) is 0 Å². The smallest absolute Gasteiger partial charge is 0.154 e. The van der Waals surface area contributed by atoms with E-state index in [1.165, 1.54) is 25.1 Å². The fourth-order valence-electron chi connectivity index (χ4n) is 3.28. The van der Waals surface area contributed by atoms with Crippen molar-refractivity contribution < 1.29 is 4.42 Å². The van der Waals surface area contributed by atoms with E-state index < -0.39 is 0 Å². The van der Waals surface area contributed by atoms with E-state index in [9.17, 15) is 0 Å². The van der Waals surface area contributed by atoms with E-state index in [4.69, 9.17) is 4.42 Å². The summed E-state index contributed by atoms with van der Waals surface area (Å²) in [5.74, 6) is 0.876. The number of piperidine rings is 1. The van der Waals surface area contributed by atoms with E-state index in [0.717, 1.165) is 30.1 Å². The third-order valence-electron chi connectivity index (χ3n) is 4.33. The highest BCUT2D eigenvalue weighted by Gasteiger charge is 2.32. The molecule has 4 rings (SSSR count). The lowest BCUT2D eigenvalue weighted by molar-refractivity contribution is 0.373. The summed E-state index contributed by atoms with van der Waals surface area (Å²) >= 11 is 0. The van der Waals surface area contributed by atoms with Gasteiger partial charge in [-0.15, -0.1) is 0 Å². The zero-order valence-corrected chi connectivity index (χ0v) is 10.3. The molecule has 18 heavy (non-hydrogen) atoms. The zero-order chi connectivity index (χ0) is 11.9. The highest BCUT2D eigenvalue weighted by molar-refractivity contribution is 5.76. The number of fused-ring (bicyclic) bond motifs is 2. The summed E-state index contributed by atoms with van der Waals surface area (Å²) in [4.78, 5) is 6.87. The van der Waals surface area contributed by atoms with Gasteiger partial charge in [0, 0.05) is 31.3 Å². The maximum absolute atomic E-state index is 5.43. The van der Waals surface area contributed by atoms with Crippen LogP contribution in [0.4, 0.5) is 5.69 Å². The Morgan fingerprint density at radius 3 is 3.39 bits per heavy atom.